The van der Waals surface area contributed by atoms with Crippen LogP contribution in [0.5, 0.6) is 0 Å². The lowest BCUT2D eigenvalue weighted by atomic mass is 10.0. The average Bonchev–Trinajstić information content (AvgIpc) is 3.07. The highest BCUT2D eigenvalue weighted by Crippen LogP contribution is 2.36. The number of carbonyl (C=O) groups excluding carboxylic acids is 1. The molecule has 4 rings (SSSR count). The summed E-state index contributed by atoms with van der Waals surface area (Å²) >= 11 is 0. The standard InChI is InChI=1S/C20H22N2O2/c23-20(21-12-14-24-15-13-21)19(17-7-2-1-3-8-17)22-11-10-16-6-4-5-9-18(16)22/h1-9,19H,10-15H2. The first-order valence-corrected chi connectivity index (χ1v) is 8.60. The van der Waals surface area contributed by atoms with Crippen LogP contribution in [-0.2, 0) is 16.0 Å². The molecule has 0 N–H and O–H groups in total. The second kappa shape index (κ2) is 6.65. The van der Waals surface area contributed by atoms with Crippen molar-refractivity contribution in [3.05, 3.63) is 65.7 Å². The van der Waals surface area contributed by atoms with E-state index in [1.807, 2.05) is 23.1 Å². The number of para-hydroxylation sites is 1. The molecule has 0 saturated carbocycles. The monoisotopic (exact) mass is 322 g/mol. The van der Waals surface area contributed by atoms with Crippen LogP contribution in [-0.4, -0.2) is 43.7 Å². The van der Waals surface area contributed by atoms with Gasteiger partial charge in [-0.1, -0.05) is 48.5 Å². The molecule has 1 saturated heterocycles. The van der Waals surface area contributed by atoms with Crippen molar-refractivity contribution < 1.29 is 9.53 Å². The highest BCUT2D eigenvalue weighted by Gasteiger charge is 2.35. The van der Waals surface area contributed by atoms with E-state index in [1.54, 1.807) is 0 Å². The maximum Gasteiger partial charge on any atom is 0.250 e. The van der Waals surface area contributed by atoms with Crippen LogP contribution in [0.1, 0.15) is 17.2 Å². The maximum absolute atomic E-state index is 13.3. The first-order valence-electron chi connectivity index (χ1n) is 8.60. The van der Waals surface area contributed by atoms with Crippen molar-refractivity contribution in [1.29, 1.82) is 0 Å². The third-order valence-electron chi connectivity index (χ3n) is 4.91. The van der Waals surface area contributed by atoms with E-state index in [0.717, 1.165) is 18.5 Å². The largest absolute Gasteiger partial charge is 0.378 e. The maximum atomic E-state index is 13.3. The molecular formula is C20H22N2O2. The van der Waals surface area contributed by atoms with Crippen LogP contribution in [0.2, 0.25) is 0 Å². The zero-order valence-electron chi connectivity index (χ0n) is 13.7. The number of ether oxygens (including phenoxy) is 1. The van der Waals surface area contributed by atoms with E-state index >= 15 is 0 Å². The van der Waals surface area contributed by atoms with Crippen molar-refractivity contribution >= 4 is 11.6 Å². The number of benzene rings is 2. The van der Waals surface area contributed by atoms with Gasteiger partial charge < -0.3 is 14.5 Å². The van der Waals surface area contributed by atoms with Gasteiger partial charge in [0.05, 0.1) is 13.2 Å². The molecule has 1 unspecified atom stereocenters. The molecule has 0 spiro atoms. The Hall–Kier alpha value is -2.33. The number of hydrogen-bond acceptors (Lipinski definition) is 3. The lowest BCUT2D eigenvalue weighted by molar-refractivity contribution is -0.136. The molecule has 124 valence electrons. The van der Waals surface area contributed by atoms with Crippen molar-refractivity contribution in [2.75, 3.05) is 37.7 Å². The van der Waals surface area contributed by atoms with E-state index in [1.165, 1.54) is 11.3 Å². The topological polar surface area (TPSA) is 32.8 Å². The van der Waals surface area contributed by atoms with Crippen molar-refractivity contribution in [2.45, 2.75) is 12.5 Å². The van der Waals surface area contributed by atoms with Gasteiger partial charge in [0.15, 0.2) is 0 Å². The lowest BCUT2D eigenvalue weighted by Crippen LogP contribution is -2.47. The second-order valence-electron chi connectivity index (χ2n) is 6.32. The van der Waals surface area contributed by atoms with Crippen LogP contribution in [0.25, 0.3) is 0 Å². The number of morpholine rings is 1. The summed E-state index contributed by atoms with van der Waals surface area (Å²) in [4.78, 5) is 17.5. The molecule has 1 amide bonds. The summed E-state index contributed by atoms with van der Waals surface area (Å²) < 4.78 is 5.41. The molecule has 2 aliphatic rings. The van der Waals surface area contributed by atoms with E-state index in [2.05, 4.69) is 41.3 Å². The Morgan fingerprint density at radius 1 is 0.917 bits per heavy atom. The Labute approximate surface area is 142 Å². The number of amides is 1. The van der Waals surface area contributed by atoms with E-state index in [4.69, 9.17) is 4.74 Å². The molecule has 0 radical (unpaired) electrons. The third-order valence-corrected chi connectivity index (χ3v) is 4.91. The summed E-state index contributed by atoms with van der Waals surface area (Å²) in [6, 6.07) is 18.3. The molecule has 0 bridgehead atoms. The second-order valence-corrected chi connectivity index (χ2v) is 6.32. The molecule has 1 fully saturated rings. The van der Waals surface area contributed by atoms with Crippen molar-refractivity contribution in [2.24, 2.45) is 0 Å². The van der Waals surface area contributed by atoms with Crippen LogP contribution in [0, 0.1) is 0 Å². The minimum atomic E-state index is -0.257. The fourth-order valence-electron chi connectivity index (χ4n) is 3.68. The Morgan fingerprint density at radius 3 is 2.42 bits per heavy atom. The van der Waals surface area contributed by atoms with E-state index in [9.17, 15) is 4.79 Å². The molecule has 2 aliphatic heterocycles. The zero-order valence-corrected chi connectivity index (χ0v) is 13.7. The number of rotatable bonds is 3. The molecule has 0 aliphatic carbocycles. The fraction of sp³-hybridized carbons (Fsp3) is 0.350. The summed E-state index contributed by atoms with van der Waals surface area (Å²) in [6.07, 6.45) is 0.996. The van der Waals surface area contributed by atoms with Gasteiger partial charge in [-0.15, -0.1) is 0 Å². The van der Waals surface area contributed by atoms with Crippen LogP contribution in [0.3, 0.4) is 0 Å². The fourth-order valence-corrected chi connectivity index (χ4v) is 3.68. The summed E-state index contributed by atoms with van der Waals surface area (Å²) in [5, 5.41) is 0. The van der Waals surface area contributed by atoms with Crippen LogP contribution in [0.4, 0.5) is 5.69 Å². The van der Waals surface area contributed by atoms with Gasteiger partial charge in [-0.2, -0.15) is 0 Å². The molecule has 24 heavy (non-hydrogen) atoms. The summed E-state index contributed by atoms with van der Waals surface area (Å²) in [7, 11) is 0. The molecule has 2 heterocycles. The smallest absolute Gasteiger partial charge is 0.250 e. The van der Waals surface area contributed by atoms with Gasteiger partial charge in [-0.3, -0.25) is 4.79 Å². The molecular weight excluding hydrogens is 300 g/mol. The van der Waals surface area contributed by atoms with Crippen LogP contribution < -0.4 is 4.90 Å². The summed E-state index contributed by atoms with van der Waals surface area (Å²) in [6.45, 7) is 3.50. The van der Waals surface area contributed by atoms with Crippen molar-refractivity contribution in [3.8, 4) is 0 Å². The van der Waals surface area contributed by atoms with E-state index in [0.29, 0.717) is 26.3 Å². The predicted octanol–water partition coefficient (Wildman–Crippen LogP) is 2.65. The minimum absolute atomic E-state index is 0.182. The number of anilines is 1. The lowest BCUT2D eigenvalue weighted by Gasteiger charge is -2.35. The molecule has 4 nitrogen and oxygen atoms in total. The van der Waals surface area contributed by atoms with Crippen molar-refractivity contribution in [3.63, 3.8) is 0 Å². The summed E-state index contributed by atoms with van der Waals surface area (Å²) in [5.74, 6) is 0.182. The summed E-state index contributed by atoms with van der Waals surface area (Å²) in [5.41, 5.74) is 3.58. The first kappa shape index (κ1) is 15.2. The molecule has 2 aromatic rings. The number of hydrogen-bond donors (Lipinski definition) is 0. The Kier molecular flexibility index (Phi) is 4.22. The normalized spacial score (nSPS) is 18.3. The predicted molar refractivity (Wildman–Crippen MR) is 94.1 cm³/mol. The highest BCUT2D eigenvalue weighted by atomic mass is 16.5. The van der Waals surface area contributed by atoms with Gasteiger partial charge in [-0.25, -0.2) is 0 Å². The van der Waals surface area contributed by atoms with Gasteiger partial charge in [0.25, 0.3) is 0 Å². The Bertz CT molecular complexity index is 711. The van der Waals surface area contributed by atoms with Gasteiger partial charge in [0.2, 0.25) is 5.91 Å². The Morgan fingerprint density at radius 2 is 1.62 bits per heavy atom. The molecule has 4 heteroatoms. The van der Waals surface area contributed by atoms with E-state index < -0.39 is 0 Å². The van der Waals surface area contributed by atoms with E-state index in [-0.39, 0.29) is 11.9 Å². The van der Waals surface area contributed by atoms with Crippen LogP contribution >= 0.6 is 0 Å². The SMILES string of the molecule is O=C(C(c1ccccc1)N1CCc2ccccc21)N1CCOCC1. The quantitative estimate of drug-likeness (QED) is 0.871. The number of carbonyl (C=O) groups is 1. The number of fused-ring (bicyclic) bond motifs is 1. The van der Waals surface area contributed by atoms with Crippen LogP contribution in [0.15, 0.2) is 54.6 Å². The third kappa shape index (κ3) is 2.78. The van der Waals surface area contributed by atoms with Gasteiger partial charge >= 0.3 is 0 Å². The van der Waals surface area contributed by atoms with Gasteiger partial charge in [-0.05, 0) is 23.6 Å². The average molecular weight is 322 g/mol. The zero-order chi connectivity index (χ0) is 16.4. The molecule has 1 atom stereocenters. The number of nitrogens with zero attached hydrogens (tertiary/aromatic N) is 2. The van der Waals surface area contributed by atoms with Crippen molar-refractivity contribution in [1.82, 2.24) is 4.90 Å². The minimum Gasteiger partial charge on any atom is -0.378 e. The first-order chi connectivity index (χ1) is 11.8. The Balaban J connectivity index is 1.70. The van der Waals surface area contributed by atoms with Gasteiger partial charge in [0.1, 0.15) is 6.04 Å². The molecule has 2 aromatic carbocycles. The molecule has 0 aromatic heterocycles. The van der Waals surface area contributed by atoms with Gasteiger partial charge in [0, 0.05) is 25.3 Å². The highest BCUT2D eigenvalue weighted by molar-refractivity contribution is 5.87.